The number of hydrogen-bond donors (Lipinski definition) is 3. The minimum absolute atomic E-state index is 0.255. The van der Waals surface area contributed by atoms with Crippen molar-refractivity contribution < 1.29 is 14.0 Å². The van der Waals surface area contributed by atoms with Crippen LogP contribution in [-0.2, 0) is 0 Å². The molecule has 1 heterocycles. The number of rotatable bonds is 7. The van der Waals surface area contributed by atoms with Gasteiger partial charge in [-0.15, -0.1) is 0 Å². The number of carbonyl (C=O) groups is 2. The van der Waals surface area contributed by atoms with Crippen LogP contribution in [0.2, 0.25) is 0 Å². The molecule has 0 bridgehead atoms. The Kier molecular flexibility index (Phi) is 6.06. The number of benzene rings is 1. The Bertz CT molecular complexity index is 712. The molecule has 2 amide bonds. The molecule has 0 aliphatic carbocycles. The Morgan fingerprint density at radius 3 is 2.50 bits per heavy atom. The van der Waals surface area contributed by atoms with Crippen LogP contribution in [0.4, 0.5) is 4.39 Å². The summed E-state index contributed by atoms with van der Waals surface area (Å²) in [5.41, 5.74) is 1.53. The maximum Gasteiger partial charge on any atom is 0.271 e. The Morgan fingerprint density at radius 1 is 1.17 bits per heavy atom. The summed E-state index contributed by atoms with van der Waals surface area (Å²) in [7, 11) is 0. The molecule has 0 fully saturated rings. The first-order valence-corrected chi connectivity index (χ1v) is 7.84. The molecule has 24 heavy (non-hydrogen) atoms. The SMILES string of the molecule is CC(C)c1cc(C(=O)NCCCNC(=O)c2cccc(F)c2)n[nH]1. The van der Waals surface area contributed by atoms with Gasteiger partial charge in [0.05, 0.1) is 0 Å². The first-order chi connectivity index (χ1) is 11.5. The second kappa shape index (κ2) is 8.24. The number of nitrogens with zero attached hydrogens (tertiary/aromatic N) is 1. The summed E-state index contributed by atoms with van der Waals surface area (Å²) < 4.78 is 13.0. The number of H-pyrrole nitrogens is 1. The number of halogens is 1. The lowest BCUT2D eigenvalue weighted by atomic mass is 10.1. The highest BCUT2D eigenvalue weighted by molar-refractivity contribution is 5.94. The van der Waals surface area contributed by atoms with Gasteiger partial charge in [-0.3, -0.25) is 14.7 Å². The lowest BCUT2D eigenvalue weighted by Crippen LogP contribution is -2.30. The maximum atomic E-state index is 13.0. The summed E-state index contributed by atoms with van der Waals surface area (Å²) >= 11 is 0. The molecule has 0 spiro atoms. The van der Waals surface area contributed by atoms with Gasteiger partial charge in [0.1, 0.15) is 11.5 Å². The molecule has 0 saturated heterocycles. The summed E-state index contributed by atoms with van der Waals surface area (Å²) in [5.74, 6) is -0.768. The molecule has 2 rings (SSSR count). The average molecular weight is 332 g/mol. The molecule has 0 radical (unpaired) electrons. The van der Waals surface area contributed by atoms with Gasteiger partial charge in [-0.1, -0.05) is 19.9 Å². The third-order valence-corrected chi connectivity index (χ3v) is 3.46. The van der Waals surface area contributed by atoms with E-state index in [1.54, 1.807) is 12.1 Å². The van der Waals surface area contributed by atoms with Crippen LogP contribution in [0.25, 0.3) is 0 Å². The molecule has 128 valence electrons. The van der Waals surface area contributed by atoms with Gasteiger partial charge in [-0.25, -0.2) is 4.39 Å². The smallest absolute Gasteiger partial charge is 0.271 e. The first-order valence-electron chi connectivity index (χ1n) is 7.84. The van der Waals surface area contributed by atoms with Crippen LogP contribution in [0, 0.1) is 5.82 Å². The molecule has 1 aromatic carbocycles. The maximum absolute atomic E-state index is 13.0. The van der Waals surface area contributed by atoms with E-state index in [0.717, 1.165) is 5.69 Å². The minimum Gasteiger partial charge on any atom is -0.352 e. The van der Waals surface area contributed by atoms with Crippen molar-refractivity contribution in [2.75, 3.05) is 13.1 Å². The van der Waals surface area contributed by atoms with Gasteiger partial charge in [0.2, 0.25) is 0 Å². The quantitative estimate of drug-likeness (QED) is 0.680. The lowest BCUT2D eigenvalue weighted by Gasteiger charge is -2.06. The van der Waals surface area contributed by atoms with E-state index in [-0.39, 0.29) is 23.3 Å². The van der Waals surface area contributed by atoms with Crippen LogP contribution in [0.5, 0.6) is 0 Å². The molecule has 2 aromatic rings. The second-order valence-corrected chi connectivity index (χ2v) is 5.74. The van der Waals surface area contributed by atoms with Gasteiger partial charge >= 0.3 is 0 Å². The van der Waals surface area contributed by atoms with Gasteiger partial charge in [0, 0.05) is 24.3 Å². The van der Waals surface area contributed by atoms with Gasteiger partial charge in [0.15, 0.2) is 0 Å². The molecule has 0 unspecified atom stereocenters. The topological polar surface area (TPSA) is 86.9 Å². The van der Waals surface area contributed by atoms with E-state index in [4.69, 9.17) is 0 Å². The molecule has 6 nitrogen and oxygen atoms in total. The standard InChI is InChI=1S/C17H21FN4O2/c1-11(2)14-10-15(22-21-14)17(24)20-8-4-7-19-16(23)12-5-3-6-13(18)9-12/h3,5-6,9-11H,4,7-8H2,1-2H3,(H,19,23)(H,20,24)(H,21,22). The largest absolute Gasteiger partial charge is 0.352 e. The number of amides is 2. The predicted molar refractivity (Wildman–Crippen MR) is 88.4 cm³/mol. The van der Waals surface area contributed by atoms with E-state index in [9.17, 15) is 14.0 Å². The predicted octanol–water partition coefficient (Wildman–Crippen LogP) is 2.22. The highest BCUT2D eigenvalue weighted by atomic mass is 19.1. The molecule has 0 aliphatic rings. The van der Waals surface area contributed by atoms with E-state index in [1.165, 1.54) is 18.2 Å². The third kappa shape index (κ3) is 4.91. The van der Waals surface area contributed by atoms with Crippen molar-refractivity contribution in [3.05, 3.63) is 53.1 Å². The van der Waals surface area contributed by atoms with Crippen LogP contribution < -0.4 is 10.6 Å². The molecule has 1 aromatic heterocycles. The van der Waals surface area contributed by atoms with Crippen molar-refractivity contribution in [1.82, 2.24) is 20.8 Å². The van der Waals surface area contributed by atoms with Crippen molar-refractivity contribution in [2.45, 2.75) is 26.2 Å². The first kappa shape index (κ1) is 17.7. The van der Waals surface area contributed by atoms with Gasteiger partial charge in [0.25, 0.3) is 11.8 Å². The highest BCUT2D eigenvalue weighted by Gasteiger charge is 2.11. The fourth-order valence-corrected chi connectivity index (χ4v) is 2.06. The monoisotopic (exact) mass is 332 g/mol. The van der Waals surface area contributed by atoms with Crippen molar-refractivity contribution in [3.8, 4) is 0 Å². The Hall–Kier alpha value is -2.70. The van der Waals surface area contributed by atoms with Crippen LogP contribution in [0.1, 0.15) is 52.7 Å². The van der Waals surface area contributed by atoms with E-state index in [0.29, 0.717) is 25.2 Å². The van der Waals surface area contributed by atoms with Crippen molar-refractivity contribution in [3.63, 3.8) is 0 Å². The van der Waals surface area contributed by atoms with Crippen LogP contribution in [0.3, 0.4) is 0 Å². The molecule has 7 heteroatoms. The van der Waals surface area contributed by atoms with E-state index in [1.807, 2.05) is 13.8 Å². The molecule has 3 N–H and O–H groups in total. The summed E-state index contributed by atoms with van der Waals surface area (Å²) in [6.45, 7) is 4.81. The summed E-state index contributed by atoms with van der Waals surface area (Å²) in [5, 5.41) is 12.2. The van der Waals surface area contributed by atoms with Crippen LogP contribution >= 0.6 is 0 Å². The van der Waals surface area contributed by atoms with Crippen molar-refractivity contribution in [2.24, 2.45) is 0 Å². The van der Waals surface area contributed by atoms with Crippen LogP contribution in [-0.4, -0.2) is 35.1 Å². The normalized spacial score (nSPS) is 10.7. The number of nitrogens with one attached hydrogen (secondary N) is 3. The zero-order valence-electron chi connectivity index (χ0n) is 13.7. The van der Waals surface area contributed by atoms with Crippen LogP contribution in [0.15, 0.2) is 30.3 Å². The lowest BCUT2D eigenvalue weighted by molar-refractivity contribution is 0.0948. The third-order valence-electron chi connectivity index (χ3n) is 3.46. The van der Waals surface area contributed by atoms with E-state index >= 15 is 0 Å². The van der Waals surface area contributed by atoms with E-state index in [2.05, 4.69) is 20.8 Å². The van der Waals surface area contributed by atoms with Gasteiger partial charge < -0.3 is 10.6 Å². The molecule has 0 atom stereocenters. The van der Waals surface area contributed by atoms with Crippen molar-refractivity contribution >= 4 is 11.8 Å². The summed E-state index contributed by atoms with van der Waals surface area (Å²) in [6.07, 6.45) is 0.564. The second-order valence-electron chi connectivity index (χ2n) is 5.74. The highest BCUT2D eigenvalue weighted by Crippen LogP contribution is 2.11. The average Bonchev–Trinajstić information content (AvgIpc) is 3.04. The van der Waals surface area contributed by atoms with Gasteiger partial charge in [-0.2, -0.15) is 5.10 Å². The fraction of sp³-hybridized carbons (Fsp3) is 0.353. The minimum atomic E-state index is -0.449. The number of aromatic amines is 1. The number of hydrogen-bond acceptors (Lipinski definition) is 3. The fourth-order valence-electron chi connectivity index (χ4n) is 2.06. The zero-order chi connectivity index (χ0) is 17.5. The van der Waals surface area contributed by atoms with Crippen molar-refractivity contribution in [1.29, 1.82) is 0 Å². The van der Waals surface area contributed by atoms with E-state index < -0.39 is 5.82 Å². The molecular weight excluding hydrogens is 311 g/mol. The summed E-state index contributed by atoms with van der Waals surface area (Å²) in [4.78, 5) is 23.7. The Balaban J connectivity index is 1.69. The molecule has 0 aliphatic heterocycles. The Morgan fingerprint density at radius 2 is 1.88 bits per heavy atom. The Labute approximate surface area is 139 Å². The number of carbonyl (C=O) groups excluding carboxylic acids is 2. The van der Waals surface area contributed by atoms with Gasteiger partial charge in [-0.05, 0) is 36.6 Å². The molecular formula is C17H21FN4O2. The zero-order valence-corrected chi connectivity index (χ0v) is 13.7. The number of aromatic nitrogens is 2. The summed E-state index contributed by atoms with van der Waals surface area (Å²) in [6, 6.07) is 7.22. The molecule has 0 saturated carbocycles.